The number of hydrogen-bond donors (Lipinski definition) is 1. The van der Waals surface area contributed by atoms with Gasteiger partial charge in [-0.05, 0) is 42.9 Å². The summed E-state index contributed by atoms with van der Waals surface area (Å²) in [6, 6.07) is 5.84. The smallest absolute Gasteiger partial charge is 0.265 e. The second-order valence-electron chi connectivity index (χ2n) is 11.2. The summed E-state index contributed by atoms with van der Waals surface area (Å²) >= 11 is 5.93. The van der Waals surface area contributed by atoms with Crippen LogP contribution in [0.2, 0.25) is 5.02 Å². The molecular formula is C30H32ClN7O3. The van der Waals surface area contributed by atoms with E-state index < -0.39 is 5.91 Å². The number of amides is 2. The molecule has 0 unspecified atom stereocenters. The van der Waals surface area contributed by atoms with Gasteiger partial charge in [0, 0.05) is 23.3 Å². The average Bonchev–Trinajstić information content (AvgIpc) is 3.38. The number of benzene rings is 1. The number of anilines is 1. The third kappa shape index (κ3) is 5.24. The lowest BCUT2D eigenvalue weighted by atomic mass is 9.92. The first kappa shape index (κ1) is 27.1. The third-order valence-electron chi connectivity index (χ3n) is 7.75. The van der Waals surface area contributed by atoms with E-state index in [0.29, 0.717) is 45.5 Å². The third-order valence-corrected chi connectivity index (χ3v) is 7.95. The topological polar surface area (TPSA) is 129 Å². The van der Waals surface area contributed by atoms with Crippen LogP contribution in [0.3, 0.4) is 0 Å². The summed E-state index contributed by atoms with van der Waals surface area (Å²) in [7, 11) is 0. The number of ether oxygens (including phenoxy) is 1. The minimum Gasteiger partial charge on any atom is -0.482 e. The average molecular weight is 574 g/mol. The highest BCUT2D eigenvalue weighted by atomic mass is 35.5. The van der Waals surface area contributed by atoms with Gasteiger partial charge < -0.3 is 10.5 Å². The number of rotatable bonds is 7. The van der Waals surface area contributed by atoms with Crippen LogP contribution in [0.4, 0.5) is 5.69 Å². The van der Waals surface area contributed by atoms with Crippen LogP contribution in [0.25, 0.3) is 22.2 Å². The summed E-state index contributed by atoms with van der Waals surface area (Å²) in [6.45, 7) is 4.23. The molecule has 6 rings (SSSR count). The summed E-state index contributed by atoms with van der Waals surface area (Å²) < 4.78 is 7.92. The van der Waals surface area contributed by atoms with Gasteiger partial charge in [0.1, 0.15) is 11.6 Å². The summed E-state index contributed by atoms with van der Waals surface area (Å²) in [6.07, 6.45) is 11.1. The molecule has 41 heavy (non-hydrogen) atoms. The number of carbonyl (C=O) groups excluding carboxylic acids is 2. The largest absolute Gasteiger partial charge is 0.482 e. The van der Waals surface area contributed by atoms with Gasteiger partial charge in [-0.15, -0.1) is 0 Å². The Morgan fingerprint density at radius 1 is 1.15 bits per heavy atom. The van der Waals surface area contributed by atoms with E-state index in [0.717, 1.165) is 42.3 Å². The van der Waals surface area contributed by atoms with E-state index in [4.69, 9.17) is 32.2 Å². The number of primary amides is 1. The van der Waals surface area contributed by atoms with E-state index in [1.165, 1.54) is 18.8 Å². The lowest BCUT2D eigenvalue weighted by Gasteiger charge is -2.29. The van der Waals surface area contributed by atoms with Gasteiger partial charge in [-0.25, -0.2) is 19.6 Å². The fourth-order valence-electron chi connectivity index (χ4n) is 5.89. The van der Waals surface area contributed by atoms with Gasteiger partial charge in [0.05, 0.1) is 40.8 Å². The predicted molar refractivity (Wildman–Crippen MR) is 156 cm³/mol. The number of hydrogen-bond acceptors (Lipinski definition) is 7. The first-order valence-corrected chi connectivity index (χ1v) is 14.4. The van der Waals surface area contributed by atoms with Gasteiger partial charge in [0.2, 0.25) is 0 Å². The normalized spacial score (nSPS) is 15.8. The van der Waals surface area contributed by atoms with Crippen molar-refractivity contribution >= 4 is 40.1 Å². The molecular weight excluding hydrogens is 542 g/mol. The van der Waals surface area contributed by atoms with Crippen molar-refractivity contribution in [2.75, 3.05) is 11.5 Å². The van der Waals surface area contributed by atoms with Gasteiger partial charge in [0.15, 0.2) is 12.3 Å². The summed E-state index contributed by atoms with van der Waals surface area (Å²) in [5.74, 6) is 0.492. The van der Waals surface area contributed by atoms with Crippen molar-refractivity contribution in [3.05, 3.63) is 58.9 Å². The highest BCUT2D eigenvalue weighted by Gasteiger charge is 2.30. The van der Waals surface area contributed by atoms with Crippen LogP contribution in [-0.4, -0.2) is 43.2 Å². The van der Waals surface area contributed by atoms with Crippen molar-refractivity contribution in [3.63, 3.8) is 0 Å². The Balaban J connectivity index is 1.49. The molecule has 2 N–H and O–H groups in total. The Bertz CT molecular complexity index is 1630. The zero-order chi connectivity index (χ0) is 28.7. The van der Waals surface area contributed by atoms with E-state index in [1.54, 1.807) is 11.1 Å². The predicted octanol–water partition coefficient (Wildman–Crippen LogP) is 5.27. The van der Waals surface area contributed by atoms with E-state index in [9.17, 15) is 9.59 Å². The van der Waals surface area contributed by atoms with E-state index in [2.05, 4.69) is 23.8 Å². The van der Waals surface area contributed by atoms with Gasteiger partial charge in [-0.1, -0.05) is 50.8 Å². The highest BCUT2D eigenvalue weighted by molar-refractivity contribution is 6.30. The summed E-state index contributed by atoms with van der Waals surface area (Å²) in [4.78, 5) is 40.9. The lowest BCUT2D eigenvalue weighted by molar-refractivity contribution is -0.121. The van der Waals surface area contributed by atoms with Crippen molar-refractivity contribution in [2.45, 2.75) is 65.0 Å². The molecule has 4 heterocycles. The van der Waals surface area contributed by atoms with Gasteiger partial charge in [-0.3, -0.25) is 14.5 Å². The molecule has 1 aromatic carbocycles. The molecule has 2 amide bonds. The van der Waals surface area contributed by atoms with Crippen LogP contribution >= 0.6 is 11.6 Å². The molecule has 1 aliphatic heterocycles. The van der Waals surface area contributed by atoms with Gasteiger partial charge in [-0.2, -0.15) is 5.10 Å². The van der Waals surface area contributed by atoms with Crippen LogP contribution in [0, 0.1) is 5.92 Å². The molecule has 3 aromatic heterocycles. The maximum Gasteiger partial charge on any atom is 0.265 e. The molecule has 11 heteroatoms. The molecule has 4 aromatic rings. The maximum absolute atomic E-state index is 13.0. The Hall–Kier alpha value is -4.05. The molecule has 10 nitrogen and oxygen atoms in total. The first-order chi connectivity index (χ1) is 19.8. The fourth-order valence-corrected chi connectivity index (χ4v) is 5.99. The SMILES string of the molecule is CC(C)Cc1nc2c(cnn2C2CCCCC2)c(-c2ccc3c(c2)OCC(=O)N3Cc2ncc(Cl)cn2)c1C(N)=O. The minimum absolute atomic E-state index is 0.128. The van der Waals surface area contributed by atoms with Gasteiger partial charge in [0.25, 0.3) is 11.8 Å². The van der Waals surface area contributed by atoms with E-state index in [-0.39, 0.29) is 31.0 Å². The van der Waals surface area contributed by atoms with Crippen LogP contribution < -0.4 is 15.4 Å². The number of halogens is 1. The standard InChI is InChI=1S/C30H32ClN7O3/c1-17(2)10-22-28(29(32)40)27(21-14-35-38(30(21)36-22)20-6-4-3-5-7-20)18-8-9-23-24(11-18)41-16-26(39)37(23)15-25-33-12-19(31)13-34-25/h8-9,11-14,17,20H,3-7,10,15-16H2,1-2H3,(H2,32,40). The molecule has 2 aliphatic rings. The van der Waals surface area contributed by atoms with Crippen LogP contribution in [0.1, 0.15) is 73.9 Å². The van der Waals surface area contributed by atoms with Crippen molar-refractivity contribution in [3.8, 4) is 16.9 Å². The second-order valence-corrected chi connectivity index (χ2v) is 11.6. The Morgan fingerprint density at radius 3 is 2.61 bits per heavy atom. The van der Waals surface area contributed by atoms with Crippen LogP contribution in [-0.2, 0) is 17.8 Å². The van der Waals surface area contributed by atoms with Crippen LogP contribution in [0.15, 0.2) is 36.8 Å². The van der Waals surface area contributed by atoms with Crippen LogP contribution in [0.5, 0.6) is 5.75 Å². The molecule has 1 saturated carbocycles. The maximum atomic E-state index is 13.0. The minimum atomic E-state index is -0.536. The second kappa shape index (κ2) is 11.1. The number of aromatic nitrogens is 5. The lowest BCUT2D eigenvalue weighted by Crippen LogP contribution is -2.38. The number of nitrogens with two attached hydrogens (primary N) is 1. The Morgan fingerprint density at radius 2 is 1.90 bits per heavy atom. The van der Waals surface area contributed by atoms with Gasteiger partial charge >= 0.3 is 0 Å². The Labute approximate surface area is 242 Å². The number of nitrogens with zero attached hydrogens (tertiary/aromatic N) is 6. The molecule has 0 bridgehead atoms. The van der Waals surface area contributed by atoms with Crippen molar-refractivity contribution in [1.29, 1.82) is 0 Å². The fraction of sp³-hybridized carbons (Fsp3) is 0.400. The zero-order valence-corrected chi connectivity index (χ0v) is 23.9. The van der Waals surface area contributed by atoms with Crippen molar-refractivity contribution in [2.24, 2.45) is 11.7 Å². The highest BCUT2D eigenvalue weighted by Crippen LogP contribution is 2.41. The summed E-state index contributed by atoms with van der Waals surface area (Å²) in [5.41, 5.74) is 9.89. The zero-order valence-electron chi connectivity index (χ0n) is 23.1. The molecule has 0 spiro atoms. The number of fused-ring (bicyclic) bond motifs is 2. The molecule has 0 atom stereocenters. The van der Waals surface area contributed by atoms with E-state index >= 15 is 0 Å². The molecule has 0 saturated heterocycles. The quantitative estimate of drug-likeness (QED) is 0.319. The van der Waals surface area contributed by atoms with E-state index in [1.807, 2.05) is 22.9 Å². The summed E-state index contributed by atoms with van der Waals surface area (Å²) in [5, 5.41) is 5.98. The van der Waals surface area contributed by atoms with Crippen molar-refractivity contribution in [1.82, 2.24) is 24.7 Å². The monoisotopic (exact) mass is 573 g/mol. The number of carbonyl (C=O) groups is 2. The first-order valence-electron chi connectivity index (χ1n) is 14.0. The van der Waals surface area contributed by atoms with Crippen molar-refractivity contribution < 1.29 is 14.3 Å². The molecule has 212 valence electrons. The number of pyridine rings is 1. The molecule has 1 fully saturated rings. The molecule has 1 aliphatic carbocycles. The Kier molecular flexibility index (Phi) is 7.33. The molecule has 0 radical (unpaired) electrons.